The second kappa shape index (κ2) is 5.43. The second-order valence-corrected chi connectivity index (χ2v) is 3.31. The summed E-state index contributed by atoms with van der Waals surface area (Å²) in [7, 11) is 0. The van der Waals surface area contributed by atoms with Crippen LogP contribution in [0.4, 0.5) is 0 Å². The molecule has 0 radical (unpaired) electrons. The standard InChI is InChI=1S/C10H13NO5/c1-6(13)11-4-8(14)10(15)9-3-2-7(5-12)16-9/h2-3,5,8,10,14-15H,4H2,1H3,(H,11,13). The number of carbonyl (C=O) groups is 2. The number of amides is 1. The summed E-state index contributed by atoms with van der Waals surface area (Å²) in [5, 5.41) is 21.4. The van der Waals surface area contributed by atoms with Crippen molar-refractivity contribution in [3.63, 3.8) is 0 Å². The summed E-state index contributed by atoms with van der Waals surface area (Å²) in [5.74, 6) is -0.153. The van der Waals surface area contributed by atoms with Gasteiger partial charge in [0.1, 0.15) is 18.0 Å². The van der Waals surface area contributed by atoms with Crippen LogP contribution in [0.1, 0.15) is 29.3 Å². The van der Waals surface area contributed by atoms with E-state index in [1.165, 1.54) is 19.1 Å². The fourth-order valence-corrected chi connectivity index (χ4v) is 1.14. The Balaban J connectivity index is 2.58. The molecule has 1 aromatic heterocycles. The summed E-state index contributed by atoms with van der Waals surface area (Å²) in [6.07, 6.45) is -1.97. The molecule has 6 nitrogen and oxygen atoms in total. The highest BCUT2D eigenvalue weighted by molar-refractivity contribution is 5.72. The molecule has 0 saturated heterocycles. The van der Waals surface area contributed by atoms with Crippen molar-refractivity contribution in [2.24, 2.45) is 0 Å². The lowest BCUT2D eigenvalue weighted by Gasteiger charge is -2.15. The molecule has 0 aliphatic carbocycles. The minimum Gasteiger partial charge on any atom is -0.455 e. The van der Waals surface area contributed by atoms with E-state index in [0.29, 0.717) is 6.29 Å². The summed E-state index contributed by atoms with van der Waals surface area (Å²) in [4.78, 5) is 20.9. The zero-order chi connectivity index (χ0) is 12.1. The average Bonchev–Trinajstić information content (AvgIpc) is 2.73. The first-order valence-electron chi connectivity index (χ1n) is 4.70. The van der Waals surface area contributed by atoms with Crippen molar-refractivity contribution < 1.29 is 24.2 Å². The number of furan rings is 1. The SMILES string of the molecule is CC(=O)NCC(O)C(O)c1ccc(C=O)o1. The Labute approximate surface area is 91.9 Å². The summed E-state index contributed by atoms with van der Waals surface area (Å²) in [5.41, 5.74) is 0. The molecule has 1 aromatic rings. The Kier molecular flexibility index (Phi) is 4.21. The molecule has 0 aliphatic heterocycles. The van der Waals surface area contributed by atoms with Crippen LogP contribution in [0.25, 0.3) is 0 Å². The summed E-state index contributed by atoms with van der Waals surface area (Å²) in [6, 6.07) is 2.78. The largest absolute Gasteiger partial charge is 0.455 e. The van der Waals surface area contributed by atoms with Crippen LogP contribution >= 0.6 is 0 Å². The van der Waals surface area contributed by atoms with Gasteiger partial charge in [0.2, 0.25) is 5.91 Å². The average molecular weight is 227 g/mol. The molecule has 2 atom stereocenters. The number of aliphatic hydroxyl groups is 2. The number of hydrogen-bond acceptors (Lipinski definition) is 5. The topological polar surface area (TPSA) is 99.8 Å². The van der Waals surface area contributed by atoms with Gasteiger partial charge in [0.05, 0.1) is 0 Å². The van der Waals surface area contributed by atoms with E-state index in [4.69, 9.17) is 4.42 Å². The van der Waals surface area contributed by atoms with Crippen LogP contribution in [0.3, 0.4) is 0 Å². The Hall–Kier alpha value is -1.66. The predicted octanol–water partition coefficient (Wildman–Crippen LogP) is -0.378. The third-order valence-electron chi connectivity index (χ3n) is 1.98. The quantitative estimate of drug-likeness (QED) is 0.595. The molecule has 0 spiro atoms. The van der Waals surface area contributed by atoms with Gasteiger partial charge in [0.15, 0.2) is 12.0 Å². The lowest BCUT2D eigenvalue weighted by Crippen LogP contribution is -2.34. The van der Waals surface area contributed by atoms with E-state index in [9.17, 15) is 19.8 Å². The number of hydrogen-bond donors (Lipinski definition) is 3. The van der Waals surface area contributed by atoms with Gasteiger partial charge in [0, 0.05) is 13.5 Å². The molecule has 88 valence electrons. The monoisotopic (exact) mass is 227 g/mol. The zero-order valence-electron chi connectivity index (χ0n) is 8.71. The second-order valence-electron chi connectivity index (χ2n) is 3.31. The van der Waals surface area contributed by atoms with Crippen LogP contribution in [0.15, 0.2) is 16.5 Å². The number of aliphatic hydroxyl groups excluding tert-OH is 2. The highest BCUT2D eigenvalue weighted by atomic mass is 16.4. The lowest BCUT2D eigenvalue weighted by atomic mass is 10.1. The van der Waals surface area contributed by atoms with Gasteiger partial charge >= 0.3 is 0 Å². The number of nitrogens with one attached hydrogen (secondary N) is 1. The van der Waals surface area contributed by atoms with E-state index in [1.807, 2.05) is 0 Å². The number of carbonyl (C=O) groups excluding carboxylic acids is 2. The minimum absolute atomic E-state index is 0.0702. The molecular formula is C10H13NO5. The maximum atomic E-state index is 10.6. The Morgan fingerprint density at radius 1 is 1.56 bits per heavy atom. The van der Waals surface area contributed by atoms with Crippen molar-refractivity contribution >= 4 is 12.2 Å². The van der Waals surface area contributed by atoms with Crippen molar-refractivity contribution in [3.05, 3.63) is 23.7 Å². The molecule has 1 heterocycles. The fraction of sp³-hybridized carbons (Fsp3) is 0.400. The van der Waals surface area contributed by atoms with Gasteiger partial charge in [-0.05, 0) is 12.1 Å². The first-order chi connectivity index (χ1) is 7.54. The van der Waals surface area contributed by atoms with Gasteiger partial charge in [-0.1, -0.05) is 0 Å². The Bertz CT molecular complexity index is 373. The van der Waals surface area contributed by atoms with E-state index in [2.05, 4.69) is 5.32 Å². The van der Waals surface area contributed by atoms with Crippen molar-refractivity contribution in [2.45, 2.75) is 19.1 Å². The van der Waals surface area contributed by atoms with Crippen molar-refractivity contribution in [1.29, 1.82) is 0 Å². The highest BCUT2D eigenvalue weighted by Crippen LogP contribution is 2.18. The molecule has 0 aliphatic rings. The molecule has 2 unspecified atom stereocenters. The predicted molar refractivity (Wildman–Crippen MR) is 53.7 cm³/mol. The van der Waals surface area contributed by atoms with Gasteiger partial charge in [-0.25, -0.2) is 0 Å². The van der Waals surface area contributed by atoms with Crippen molar-refractivity contribution in [1.82, 2.24) is 5.32 Å². The van der Waals surface area contributed by atoms with Crippen molar-refractivity contribution in [2.75, 3.05) is 6.54 Å². The van der Waals surface area contributed by atoms with Gasteiger partial charge in [0.25, 0.3) is 0 Å². The van der Waals surface area contributed by atoms with Crippen LogP contribution < -0.4 is 5.32 Å². The summed E-state index contributed by atoms with van der Waals surface area (Å²) >= 11 is 0. The normalized spacial score (nSPS) is 14.2. The molecule has 1 rings (SSSR count). The Morgan fingerprint density at radius 3 is 2.75 bits per heavy atom. The van der Waals surface area contributed by atoms with Gasteiger partial charge in [-0.3, -0.25) is 9.59 Å². The maximum absolute atomic E-state index is 10.6. The molecule has 1 amide bonds. The van der Waals surface area contributed by atoms with E-state index in [-0.39, 0.29) is 24.0 Å². The third kappa shape index (κ3) is 3.18. The first kappa shape index (κ1) is 12.4. The fourth-order valence-electron chi connectivity index (χ4n) is 1.14. The van der Waals surface area contributed by atoms with E-state index < -0.39 is 12.2 Å². The molecule has 16 heavy (non-hydrogen) atoms. The summed E-state index contributed by atoms with van der Waals surface area (Å²) in [6.45, 7) is 1.21. The molecule has 6 heteroatoms. The van der Waals surface area contributed by atoms with Crippen LogP contribution in [-0.2, 0) is 4.79 Å². The van der Waals surface area contributed by atoms with Crippen LogP contribution in [0.2, 0.25) is 0 Å². The smallest absolute Gasteiger partial charge is 0.216 e. The molecule has 0 bridgehead atoms. The van der Waals surface area contributed by atoms with Crippen LogP contribution in [0.5, 0.6) is 0 Å². The number of rotatable bonds is 5. The lowest BCUT2D eigenvalue weighted by molar-refractivity contribution is -0.119. The molecule has 0 aromatic carbocycles. The highest BCUT2D eigenvalue weighted by Gasteiger charge is 2.21. The molecule has 0 fully saturated rings. The zero-order valence-corrected chi connectivity index (χ0v) is 8.71. The van der Waals surface area contributed by atoms with Crippen LogP contribution in [0, 0.1) is 0 Å². The van der Waals surface area contributed by atoms with Gasteiger partial charge in [-0.15, -0.1) is 0 Å². The maximum Gasteiger partial charge on any atom is 0.216 e. The molecular weight excluding hydrogens is 214 g/mol. The third-order valence-corrected chi connectivity index (χ3v) is 1.98. The van der Waals surface area contributed by atoms with Crippen molar-refractivity contribution in [3.8, 4) is 0 Å². The number of aldehydes is 1. The van der Waals surface area contributed by atoms with Crippen LogP contribution in [-0.4, -0.2) is 35.1 Å². The minimum atomic E-state index is -1.28. The van der Waals surface area contributed by atoms with E-state index in [0.717, 1.165) is 0 Å². The summed E-state index contributed by atoms with van der Waals surface area (Å²) < 4.78 is 4.93. The molecule has 0 saturated carbocycles. The van der Waals surface area contributed by atoms with E-state index in [1.54, 1.807) is 0 Å². The van der Waals surface area contributed by atoms with E-state index >= 15 is 0 Å². The Morgan fingerprint density at radius 2 is 2.25 bits per heavy atom. The van der Waals surface area contributed by atoms with Gasteiger partial charge < -0.3 is 19.9 Å². The van der Waals surface area contributed by atoms with Gasteiger partial charge in [-0.2, -0.15) is 0 Å². The molecule has 3 N–H and O–H groups in total. The first-order valence-corrected chi connectivity index (χ1v) is 4.70.